The van der Waals surface area contributed by atoms with Crippen molar-refractivity contribution in [2.45, 2.75) is 44.9 Å². The zero-order valence-corrected chi connectivity index (χ0v) is 14.5. The fraction of sp³-hybridized carbons (Fsp3) is 0.650. The summed E-state index contributed by atoms with van der Waals surface area (Å²) in [5.74, 6) is 0.455. The van der Waals surface area contributed by atoms with Crippen LogP contribution in [0.25, 0.3) is 0 Å². The van der Waals surface area contributed by atoms with Crippen LogP contribution >= 0.6 is 0 Å². The molecule has 4 nitrogen and oxygen atoms in total. The van der Waals surface area contributed by atoms with Crippen LogP contribution in [-0.4, -0.2) is 32.1 Å². The van der Waals surface area contributed by atoms with E-state index in [1.165, 1.54) is 31.4 Å². The molecule has 130 valence electrons. The number of nitrogens with zero attached hydrogens (tertiary/aromatic N) is 1. The number of amides is 1. The van der Waals surface area contributed by atoms with Gasteiger partial charge in [-0.2, -0.15) is 0 Å². The number of piperidine rings is 1. The molecule has 1 aromatic rings. The van der Waals surface area contributed by atoms with E-state index < -0.39 is 0 Å². The molecule has 1 unspecified atom stereocenters. The molecule has 1 atom stereocenters. The third-order valence-corrected chi connectivity index (χ3v) is 6.21. The van der Waals surface area contributed by atoms with E-state index in [4.69, 9.17) is 0 Å². The Hall–Kier alpha value is -1.55. The van der Waals surface area contributed by atoms with E-state index in [1.54, 1.807) is 0 Å². The summed E-state index contributed by atoms with van der Waals surface area (Å²) < 4.78 is 0. The molecular weight excluding hydrogens is 298 g/mol. The second-order valence-electron chi connectivity index (χ2n) is 7.78. The van der Waals surface area contributed by atoms with E-state index in [0.29, 0.717) is 5.41 Å². The molecule has 2 saturated heterocycles. The van der Waals surface area contributed by atoms with Crippen LogP contribution < -0.4 is 15.5 Å². The third-order valence-electron chi connectivity index (χ3n) is 6.21. The van der Waals surface area contributed by atoms with Gasteiger partial charge >= 0.3 is 0 Å². The van der Waals surface area contributed by atoms with Gasteiger partial charge in [0.25, 0.3) is 0 Å². The molecule has 24 heavy (non-hydrogen) atoms. The smallest absolute Gasteiger partial charge is 0.228 e. The quantitative estimate of drug-likeness (QED) is 0.894. The second-order valence-corrected chi connectivity index (χ2v) is 7.78. The first kappa shape index (κ1) is 15.9. The van der Waals surface area contributed by atoms with Crippen LogP contribution in [0.2, 0.25) is 0 Å². The lowest BCUT2D eigenvalue weighted by molar-refractivity contribution is -0.118. The minimum Gasteiger partial charge on any atom is -0.370 e. The summed E-state index contributed by atoms with van der Waals surface area (Å²) >= 11 is 0. The Morgan fingerprint density at radius 3 is 2.54 bits per heavy atom. The van der Waals surface area contributed by atoms with Crippen LogP contribution in [0.4, 0.5) is 11.4 Å². The molecule has 1 aliphatic carbocycles. The van der Waals surface area contributed by atoms with Gasteiger partial charge in [0.1, 0.15) is 0 Å². The largest absolute Gasteiger partial charge is 0.370 e. The van der Waals surface area contributed by atoms with E-state index >= 15 is 0 Å². The van der Waals surface area contributed by atoms with Crippen LogP contribution in [-0.2, 0) is 4.79 Å². The Morgan fingerprint density at radius 1 is 1.08 bits per heavy atom. The lowest BCUT2D eigenvalue weighted by Crippen LogP contribution is -2.32. The summed E-state index contributed by atoms with van der Waals surface area (Å²) in [6, 6.07) is 8.34. The summed E-state index contributed by atoms with van der Waals surface area (Å²) in [4.78, 5) is 15.3. The molecule has 3 fully saturated rings. The van der Waals surface area contributed by atoms with Crippen molar-refractivity contribution in [2.75, 3.05) is 36.4 Å². The monoisotopic (exact) mass is 327 g/mol. The number of hydrogen-bond acceptors (Lipinski definition) is 3. The lowest BCUT2D eigenvalue weighted by atomic mass is 9.92. The minimum atomic E-state index is 0.219. The third kappa shape index (κ3) is 3.16. The molecule has 0 bridgehead atoms. The highest BCUT2D eigenvalue weighted by Gasteiger charge is 2.57. The van der Waals surface area contributed by atoms with E-state index in [2.05, 4.69) is 33.7 Å². The normalized spacial score (nSPS) is 26.0. The number of anilines is 2. The standard InChI is InChI=1S/C20H29N3O/c24-19(16-15-20(16)9-11-21-12-10-20)22-17-7-3-4-8-18(17)23-13-5-1-2-6-14-23/h3-4,7-8,16,21H,1-2,5-6,9-15H2,(H,22,24). The SMILES string of the molecule is O=C(Nc1ccccc1N1CCCCCC1)C1CC12CCNCC2. The predicted molar refractivity (Wildman–Crippen MR) is 98.4 cm³/mol. The number of hydrogen-bond donors (Lipinski definition) is 2. The van der Waals surface area contributed by atoms with Crippen molar-refractivity contribution in [2.24, 2.45) is 11.3 Å². The number of carbonyl (C=O) groups excluding carboxylic acids is 1. The highest BCUT2D eigenvalue weighted by atomic mass is 16.2. The predicted octanol–water partition coefficient (Wildman–Crippen LogP) is 3.40. The van der Waals surface area contributed by atoms with Crippen LogP contribution in [0.1, 0.15) is 44.9 Å². The van der Waals surface area contributed by atoms with Crippen molar-refractivity contribution in [1.82, 2.24) is 5.32 Å². The number of benzene rings is 1. The average molecular weight is 327 g/mol. The van der Waals surface area contributed by atoms with Gasteiger partial charge in [0.05, 0.1) is 11.4 Å². The van der Waals surface area contributed by atoms with Gasteiger partial charge in [0, 0.05) is 19.0 Å². The highest BCUT2D eigenvalue weighted by Crippen LogP contribution is 2.58. The second kappa shape index (κ2) is 6.75. The van der Waals surface area contributed by atoms with Crippen LogP contribution in [0.15, 0.2) is 24.3 Å². The van der Waals surface area contributed by atoms with Crippen molar-refractivity contribution in [1.29, 1.82) is 0 Å². The first-order valence-electron chi connectivity index (χ1n) is 9.64. The molecule has 0 radical (unpaired) electrons. The highest BCUT2D eigenvalue weighted by molar-refractivity contribution is 5.98. The van der Waals surface area contributed by atoms with Gasteiger partial charge < -0.3 is 15.5 Å². The van der Waals surface area contributed by atoms with Gasteiger partial charge in [-0.3, -0.25) is 4.79 Å². The molecule has 0 aromatic heterocycles. The summed E-state index contributed by atoms with van der Waals surface area (Å²) in [7, 11) is 0. The molecule has 2 heterocycles. The van der Waals surface area contributed by atoms with Crippen molar-refractivity contribution in [3.8, 4) is 0 Å². The summed E-state index contributed by atoms with van der Waals surface area (Å²) in [6.45, 7) is 4.33. The summed E-state index contributed by atoms with van der Waals surface area (Å²) in [6.07, 6.45) is 8.53. The van der Waals surface area contributed by atoms with Crippen LogP contribution in [0, 0.1) is 11.3 Å². The zero-order chi connectivity index (χ0) is 16.4. The summed E-state index contributed by atoms with van der Waals surface area (Å²) in [5.41, 5.74) is 2.50. The summed E-state index contributed by atoms with van der Waals surface area (Å²) in [5, 5.41) is 6.67. The van der Waals surface area contributed by atoms with Crippen LogP contribution in [0.5, 0.6) is 0 Å². The van der Waals surface area contributed by atoms with Crippen molar-refractivity contribution < 1.29 is 4.79 Å². The molecule has 1 aromatic carbocycles. The average Bonchev–Trinajstić information content (AvgIpc) is 3.36. The first-order valence-corrected chi connectivity index (χ1v) is 9.64. The number of carbonyl (C=O) groups is 1. The molecule has 4 rings (SSSR count). The Labute approximate surface area is 145 Å². The minimum absolute atomic E-state index is 0.219. The van der Waals surface area contributed by atoms with Crippen molar-refractivity contribution in [3.05, 3.63) is 24.3 Å². The fourth-order valence-electron chi connectivity index (χ4n) is 4.58. The van der Waals surface area contributed by atoms with E-state index in [-0.39, 0.29) is 11.8 Å². The molecule has 1 amide bonds. The van der Waals surface area contributed by atoms with E-state index in [1.807, 2.05) is 6.07 Å². The Kier molecular flexibility index (Phi) is 4.49. The van der Waals surface area contributed by atoms with E-state index in [9.17, 15) is 4.79 Å². The van der Waals surface area contributed by atoms with E-state index in [0.717, 1.165) is 51.1 Å². The fourth-order valence-corrected chi connectivity index (χ4v) is 4.58. The molecular formula is C20H29N3O. The Balaban J connectivity index is 1.46. The van der Waals surface area contributed by atoms with Crippen molar-refractivity contribution >= 4 is 17.3 Å². The number of rotatable bonds is 3. The van der Waals surface area contributed by atoms with Gasteiger partial charge in [-0.25, -0.2) is 0 Å². The molecule has 4 heteroatoms. The topological polar surface area (TPSA) is 44.4 Å². The maximum atomic E-state index is 12.8. The number of para-hydroxylation sites is 2. The maximum Gasteiger partial charge on any atom is 0.228 e. The first-order chi connectivity index (χ1) is 11.8. The maximum absolute atomic E-state index is 12.8. The Bertz CT molecular complexity index is 586. The van der Waals surface area contributed by atoms with Crippen molar-refractivity contribution in [3.63, 3.8) is 0 Å². The lowest BCUT2D eigenvalue weighted by Gasteiger charge is -2.26. The van der Waals surface area contributed by atoms with Gasteiger partial charge in [0.15, 0.2) is 0 Å². The van der Waals surface area contributed by atoms with Crippen LogP contribution in [0.3, 0.4) is 0 Å². The number of nitrogens with one attached hydrogen (secondary N) is 2. The Morgan fingerprint density at radius 2 is 1.79 bits per heavy atom. The molecule has 2 aliphatic heterocycles. The zero-order valence-electron chi connectivity index (χ0n) is 14.5. The molecule has 1 spiro atoms. The van der Waals surface area contributed by atoms with Gasteiger partial charge in [-0.15, -0.1) is 0 Å². The van der Waals surface area contributed by atoms with Gasteiger partial charge in [0.2, 0.25) is 5.91 Å². The molecule has 1 saturated carbocycles. The molecule has 2 N–H and O–H groups in total. The van der Waals surface area contributed by atoms with Gasteiger partial charge in [-0.05, 0) is 62.7 Å². The molecule has 3 aliphatic rings. The van der Waals surface area contributed by atoms with Gasteiger partial charge in [-0.1, -0.05) is 25.0 Å².